The van der Waals surface area contributed by atoms with E-state index in [1.54, 1.807) is 0 Å². The molecule has 0 spiro atoms. The molecule has 2 heteroatoms. The van der Waals surface area contributed by atoms with E-state index < -0.39 is 0 Å². The van der Waals surface area contributed by atoms with Crippen LogP contribution in [0.25, 0.3) is 5.52 Å². The minimum atomic E-state index is 0.726. The highest BCUT2D eigenvalue weighted by molar-refractivity contribution is 5.70. The molecule has 0 bridgehead atoms. The van der Waals surface area contributed by atoms with Crippen LogP contribution in [0, 0.1) is 14.0 Å². The predicted octanol–water partition coefficient (Wildman–Crippen LogP) is 4.45. The standard InChI is InChI=1S/C19H19NO/c1-4-16-14(2)19-18(21-3)11-8-12-20(19)17(16)13-15-9-6-5-7-10-15/h3,5-12H,4,13H2,1-2H3. The molecule has 0 aliphatic rings. The highest BCUT2D eigenvalue weighted by Crippen LogP contribution is 2.31. The first-order valence-electron chi connectivity index (χ1n) is 7.28. The average molecular weight is 277 g/mol. The van der Waals surface area contributed by atoms with Gasteiger partial charge in [0.1, 0.15) is 5.75 Å². The number of rotatable bonds is 4. The van der Waals surface area contributed by atoms with Gasteiger partial charge in [0.25, 0.3) is 0 Å². The quantitative estimate of drug-likeness (QED) is 0.687. The lowest BCUT2D eigenvalue weighted by atomic mass is 10.0. The first kappa shape index (κ1) is 13.7. The van der Waals surface area contributed by atoms with Crippen LogP contribution in [0.1, 0.15) is 29.3 Å². The van der Waals surface area contributed by atoms with E-state index in [1.165, 1.54) is 22.4 Å². The van der Waals surface area contributed by atoms with Crippen LogP contribution in [0.4, 0.5) is 0 Å². The maximum absolute atomic E-state index is 5.42. The number of aryl methyl sites for hydroxylation is 1. The van der Waals surface area contributed by atoms with E-state index in [0.29, 0.717) is 0 Å². The van der Waals surface area contributed by atoms with Crippen LogP contribution in [0.15, 0.2) is 48.7 Å². The van der Waals surface area contributed by atoms with Crippen molar-refractivity contribution in [2.24, 2.45) is 0 Å². The molecular weight excluding hydrogens is 258 g/mol. The van der Waals surface area contributed by atoms with Crippen molar-refractivity contribution in [2.45, 2.75) is 26.7 Å². The number of benzene rings is 1. The minimum Gasteiger partial charge on any atom is -0.480 e. The van der Waals surface area contributed by atoms with E-state index >= 15 is 0 Å². The van der Waals surface area contributed by atoms with Crippen molar-refractivity contribution in [2.75, 3.05) is 0 Å². The van der Waals surface area contributed by atoms with Gasteiger partial charge in [-0.15, -0.1) is 0 Å². The highest BCUT2D eigenvalue weighted by Gasteiger charge is 2.17. The molecule has 0 aliphatic carbocycles. The van der Waals surface area contributed by atoms with Gasteiger partial charge in [-0.3, -0.25) is 0 Å². The van der Waals surface area contributed by atoms with Gasteiger partial charge in [0.05, 0.1) is 5.52 Å². The van der Waals surface area contributed by atoms with Gasteiger partial charge in [-0.25, -0.2) is 0 Å². The lowest BCUT2D eigenvalue weighted by Crippen LogP contribution is -1.98. The Morgan fingerprint density at radius 1 is 1.10 bits per heavy atom. The molecule has 2 heterocycles. The molecule has 1 aromatic carbocycles. The number of hydrogen-bond donors (Lipinski definition) is 0. The molecule has 0 N–H and O–H groups in total. The third kappa shape index (κ3) is 2.31. The fourth-order valence-corrected chi connectivity index (χ4v) is 3.13. The molecule has 106 valence electrons. The second-order valence-corrected chi connectivity index (χ2v) is 5.28. The number of nitrogens with zero attached hydrogens (tertiary/aromatic N) is 1. The van der Waals surface area contributed by atoms with Gasteiger partial charge in [-0.2, -0.15) is 0 Å². The topological polar surface area (TPSA) is 13.6 Å². The summed E-state index contributed by atoms with van der Waals surface area (Å²) >= 11 is 0. The van der Waals surface area contributed by atoms with Crippen molar-refractivity contribution in [3.63, 3.8) is 0 Å². The number of ether oxygens (including phenoxy) is 1. The molecule has 0 atom stereocenters. The lowest BCUT2D eigenvalue weighted by molar-refractivity contribution is 0.476. The zero-order chi connectivity index (χ0) is 14.8. The number of hydrogen-bond acceptors (Lipinski definition) is 1. The summed E-state index contributed by atoms with van der Waals surface area (Å²) in [5.74, 6) is 0.726. The zero-order valence-corrected chi connectivity index (χ0v) is 12.5. The van der Waals surface area contributed by atoms with Crippen LogP contribution in [-0.4, -0.2) is 4.40 Å². The minimum absolute atomic E-state index is 0.726. The van der Waals surface area contributed by atoms with Crippen LogP contribution in [0.5, 0.6) is 5.75 Å². The molecule has 21 heavy (non-hydrogen) atoms. The smallest absolute Gasteiger partial charge is 0.180 e. The van der Waals surface area contributed by atoms with Crippen LogP contribution in [-0.2, 0) is 12.8 Å². The summed E-state index contributed by atoms with van der Waals surface area (Å²) in [6.45, 7) is 4.34. The van der Waals surface area contributed by atoms with Gasteiger partial charge in [0.2, 0.25) is 0 Å². The Hall–Kier alpha value is -2.22. The monoisotopic (exact) mass is 277 g/mol. The summed E-state index contributed by atoms with van der Waals surface area (Å²) in [7, 11) is 5.42. The summed E-state index contributed by atoms with van der Waals surface area (Å²) in [6.07, 6.45) is 4.00. The summed E-state index contributed by atoms with van der Waals surface area (Å²) in [4.78, 5) is 0. The van der Waals surface area contributed by atoms with E-state index in [9.17, 15) is 0 Å². The summed E-state index contributed by atoms with van der Waals surface area (Å²) in [6, 6.07) is 14.4. The molecule has 0 saturated carbocycles. The second kappa shape index (κ2) is 5.65. The van der Waals surface area contributed by atoms with Crippen LogP contribution >= 0.6 is 0 Å². The Kier molecular flexibility index (Phi) is 3.70. The highest BCUT2D eigenvalue weighted by atomic mass is 16.5. The fraction of sp³-hybridized carbons (Fsp3) is 0.211. The second-order valence-electron chi connectivity index (χ2n) is 5.28. The molecule has 2 nitrogen and oxygen atoms in total. The van der Waals surface area contributed by atoms with E-state index in [2.05, 4.69) is 48.7 Å². The van der Waals surface area contributed by atoms with Crippen LogP contribution < -0.4 is 4.74 Å². The van der Waals surface area contributed by atoms with Gasteiger partial charge < -0.3 is 9.14 Å². The molecular formula is C19H19NO. The molecule has 0 fully saturated rings. The van der Waals surface area contributed by atoms with Crippen LogP contribution in [0.3, 0.4) is 0 Å². The van der Waals surface area contributed by atoms with Crippen molar-refractivity contribution >= 4 is 5.52 Å². The maximum Gasteiger partial charge on any atom is 0.180 e. The molecule has 0 aliphatic heterocycles. The van der Waals surface area contributed by atoms with Gasteiger partial charge in [0.15, 0.2) is 7.11 Å². The Balaban J connectivity index is 2.21. The molecule has 0 unspecified atom stereocenters. The zero-order valence-electron chi connectivity index (χ0n) is 12.5. The van der Waals surface area contributed by atoms with Crippen molar-refractivity contribution < 1.29 is 4.74 Å². The molecule has 2 aromatic heterocycles. The van der Waals surface area contributed by atoms with Gasteiger partial charge in [0, 0.05) is 18.3 Å². The van der Waals surface area contributed by atoms with Crippen molar-refractivity contribution in [1.29, 1.82) is 0 Å². The van der Waals surface area contributed by atoms with Crippen LogP contribution in [0.2, 0.25) is 0 Å². The normalized spacial score (nSPS) is 11.0. The van der Waals surface area contributed by atoms with Crippen molar-refractivity contribution in [3.8, 4) is 5.75 Å². The third-order valence-electron chi connectivity index (χ3n) is 4.10. The number of pyridine rings is 1. The summed E-state index contributed by atoms with van der Waals surface area (Å²) in [5, 5.41) is 0. The lowest BCUT2D eigenvalue weighted by Gasteiger charge is -2.07. The molecule has 3 rings (SSSR count). The first-order chi connectivity index (χ1) is 10.3. The Morgan fingerprint density at radius 3 is 2.52 bits per heavy atom. The van der Waals surface area contributed by atoms with E-state index in [1.807, 2.05) is 18.2 Å². The summed E-state index contributed by atoms with van der Waals surface area (Å²) in [5.41, 5.74) is 6.33. The first-order valence-corrected chi connectivity index (χ1v) is 7.28. The third-order valence-corrected chi connectivity index (χ3v) is 4.10. The van der Waals surface area contributed by atoms with Gasteiger partial charge in [-0.05, 0) is 42.2 Å². The Bertz CT molecular complexity index is 756. The largest absolute Gasteiger partial charge is 0.480 e. The summed E-state index contributed by atoms with van der Waals surface area (Å²) < 4.78 is 7.26. The number of aromatic nitrogens is 1. The van der Waals surface area contributed by atoms with Gasteiger partial charge >= 0.3 is 0 Å². The predicted molar refractivity (Wildman–Crippen MR) is 85.7 cm³/mol. The molecule has 0 amide bonds. The van der Waals surface area contributed by atoms with E-state index in [-0.39, 0.29) is 0 Å². The fourth-order valence-electron chi connectivity index (χ4n) is 3.13. The van der Waals surface area contributed by atoms with E-state index in [0.717, 1.165) is 24.1 Å². The molecule has 0 saturated heterocycles. The molecule has 2 radical (unpaired) electrons. The molecule has 3 aromatic rings. The van der Waals surface area contributed by atoms with Gasteiger partial charge in [-0.1, -0.05) is 37.3 Å². The van der Waals surface area contributed by atoms with E-state index in [4.69, 9.17) is 11.8 Å². The SMILES string of the molecule is [CH]Oc1cccn2c(Cc3ccccc3)c(CC)c(C)c12. The average Bonchev–Trinajstić information content (AvgIpc) is 2.80. The van der Waals surface area contributed by atoms with Crippen molar-refractivity contribution in [1.82, 2.24) is 4.40 Å². The Morgan fingerprint density at radius 2 is 1.86 bits per heavy atom. The van der Waals surface area contributed by atoms with Crippen molar-refractivity contribution in [3.05, 3.63) is 78.2 Å². The maximum atomic E-state index is 5.42. The Labute approximate surface area is 126 Å². The number of fused-ring (bicyclic) bond motifs is 1.